The average molecular weight is 239 g/mol. The normalized spacial score (nSPS) is 11.9. The summed E-state index contributed by atoms with van der Waals surface area (Å²) in [6.45, 7) is 1.75. The van der Waals surface area contributed by atoms with Crippen molar-refractivity contribution in [1.82, 2.24) is 10.6 Å². The van der Waals surface area contributed by atoms with E-state index in [1.807, 2.05) is 5.32 Å². The van der Waals surface area contributed by atoms with Gasteiger partial charge in [-0.1, -0.05) is 18.2 Å². The molecule has 92 valence electrons. The van der Waals surface area contributed by atoms with Crippen LogP contribution in [0, 0.1) is 5.82 Å². The monoisotopic (exact) mass is 239 g/mol. The van der Waals surface area contributed by atoms with Crippen molar-refractivity contribution in [2.75, 3.05) is 0 Å². The summed E-state index contributed by atoms with van der Waals surface area (Å²) in [5.41, 5.74) is 5.25. The van der Waals surface area contributed by atoms with Crippen molar-refractivity contribution in [1.29, 1.82) is 0 Å². The van der Waals surface area contributed by atoms with Gasteiger partial charge in [0.2, 0.25) is 5.91 Å². The quantitative estimate of drug-likeness (QED) is 0.715. The Balaban J connectivity index is 2.48. The lowest BCUT2D eigenvalue weighted by atomic mass is 10.2. The topological polar surface area (TPSA) is 84.2 Å². The highest BCUT2D eigenvalue weighted by atomic mass is 19.1. The smallest absolute Gasteiger partial charge is 0.318 e. The first kappa shape index (κ1) is 13.1. The van der Waals surface area contributed by atoms with Gasteiger partial charge in [-0.2, -0.15) is 0 Å². The fraction of sp³-hybridized carbons (Fsp3) is 0.273. The highest BCUT2D eigenvalue weighted by Crippen LogP contribution is 2.05. The van der Waals surface area contributed by atoms with Crippen molar-refractivity contribution in [2.45, 2.75) is 19.5 Å². The zero-order valence-corrected chi connectivity index (χ0v) is 9.37. The molecule has 0 saturated carbocycles. The van der Waals surface area contributed by atoms with Gasteiger partial charge in [0.05, 0.1) is 6.04 Å². The van der Waals surface area contributed by atoms with E-state index in [1.165, 1.54) is 6.07 Å². The molecule has 0 spiro atoms. The predicted octanol–water partition coefficient (Wildman–Crippen LogP) is 0.499. The molecule has 3 amide bonds. The van der Waals surface area contributed by atoms with E-state index in [0.717, 1.165) is 0 Å². The van der Waals surface area contributed by atoms with Crippen LogP contribution in [0.1, 0.15) is 12.5 Å². The van der Waals surface area contributed by atoms with Crippen molar-refractivity contribution in [3.63, 3.8) is 0 Å². The molecule has 5 nitrogen and oxygen atoms in total. The maximum absolute atomic E-state index is 13.2. The van der Waals surface area contributed by atoms with Crippen LogP contribution in [-0.2, 0) is 11.3 Å². The van der Waals surface area contributed by atoms with E-state index in [1.54, 1.807) is 25.1 Å². The van der Waals surface area contributed by atoms with Crippen LogP contribution < -0.4 is 16.4 Å². The molecule has 0 heterocycles. The molecule has 6 heteroatoms. The zero-order chi connectivity index (χ0) is 12.8. The maximum Gasteiger partial charge on any atom is 0.318 e. The number of carbonyl (C=O) groups excluding carboxylic acids is 2. The second-order valence-electron chi connectivity index (χ2n) is 3.55. The van der Waals surface area contributed by atoms with Crippen LogP contribution in [0.15, 0.2) is 24.3 Å². The Labute approximate surface area is 98.2 Å². The van der Waals surface area contributed by atoms with E-state index >= 15 is 0 Å². The van der Waals surface area contributed by atoms with Gasteiger partial charge in [-0.25, -0.2) is 9.18 Å². The number of primary amides is 1. The minimum atomic E-state index is -0.908. The van der Waals surface area contributed by atoms with Crippen molar-refractivity contribution in [2.24, 2.45) is 5.73 Å². The standard InChI is InChI=1S/C11H14FN3O2/c1-7(10(16)15-11(13)17)14-6-8-4-2-3-5-9(8)12/h2-5,7,14H,6H2,1H3,(H3,13,15,16,17). The van der Waals surface area contributed by atoms with Crippen molar-refractivity contribution < 1.29 is 14.0 Å². The largest absolute Gasteiger partial charge is 0.351 e. The number of urea groups is 1. The Morgan fingerprint density at radius 2 is 2.06 bits per heavy atom. The number of rotatable bonds is 4. The third-order valence-electron chi connectivity index (χ3n) is 2.20. The summed E-state index contributed by atoms with van der Waals surface area (Å²) in [5, 5.41) is 4.72. The van der Waals surface area contributed by atoms with Crippen LogP contribution in [-0.4, -0.2) is 18.0 Å². The summed E-state index contributed by atoms with van der Waals surface area (Å²) in [5.74, 6) is -0.892. The molecule has 4 N–H and O–H groups in total. The van der Waals surface area contributed by atoms with Gasteiger partial charge in [-0.15, -0.1) is 0 Å². The van der Waals surface area contributed by atoms with E-state index in [-0.39, 0.29) is 12.4 Å². The first-order valence-corrected chi connectivity index (χ1v) is 5.08. The van der Waals surface area contributed by atoms with Crippen LogP contribution in [0.4, 0.5) is 9.18 Å². The van der Waals surface area contributed by atoms with Crippen LogP contribution >= 0.6 is 0 Å². The number of halogens is 1. The first-order valence-electron chi connectivity index (χ1n) is 5.08. The van der Waals surface area contributed by atoms with E-state index in [4.69, 9.17) is 5.73 Å². The molecular weight excluding hydrogens is 225 g/mol. The molecule has 0 saturated heterocycles. The van der Waals surface area contributed by atoms with Crippen LogP contribution in [0.5, 0.6) is 0 Å². The molecule has 1 aromatic carbocycles. The van der Waals surface area contributed by atoms with E-state index < -0.39 is 18.0 Å². The van der Waals surface area contributed by atoms with Crippen molar-refractivity contribution >= 4 is 11.9 Å². The highest BCUT2D eigenvalue weighted by Gasteiger charge is 2.14. The third-order valence-corrected chi connectivity index (χ3v) is 2.20. The van der Waals surface area contributed by atoms with Gasteiger partial charge in [-0.3, -0.25) is 10.1 Å². The molecular formula is C11H14FN3O2. The number of benzene rings is 1. The highest BCUT2D eigenvalue weighted by molar-refractivity contribution is 5.96. The molecule has 0 radical (unpaired) electrons. The summed E-state index contributed by atoms with van der Waals surface area (Å²) in [6.07, 6.45) is 0. The summed E-state index contributed by atoms with van der Waals surface area (Å²) in [7, 11) is 0. The summed E-state index contributed by atoms with van der Waals surface area (Å²) < 4.78 is 13.2. The number of nitrogens with one attached hydrogen (secondary N) is 2. The number of hydrogen-bond acceptors (Lipinski definition) is 3. The van der Waals surface area contributed by atoms with Crippen LogP contribution in [0.3, 0.4) is 0 Å². The van der Waals surface area contributed by atoms with Crippen molar-refractivity contribution in [3.05, 3.63) is 35.6 Å². The summed E-state index contributed by atoms with van der Waals surface area (Å²) >= 11 is 0. The van der Waals surface area contributed by atoms with Crippen LogP contribution in [0.25, 0.3) is 0 Å². The van der Waals surface area contributed by atoms with Gasteiger partial charge < -0.3 is 11.1 Å². The van der Waals surface area contributed by atoms with E-state index in [0.29, 0.717) is 5.56 Å². The molecule has 0 aliphatic heterocycles. The predicted molar refractivity (Wildman–Crippen MR) is 60.4 cm³/mol. The lowest BCUT2D eigenvalue weighted by molar-refractivity contribution is -0.121. The second kappa shape index (κ2) is 5.95. The van der Waals surface area contributed by atoms with E-state index in [9.17, 15) is 14.0 Å². The molecule has 0 bridgehead atoms. The Bertz CT molecular complexity index is 423. The minimum Gasteiger partial charge on any atom is -0.351 e. The number of hydrogen-bond donors (Lipinski definition) is 3. The van der Waals surface area contributed by atoms with Gasteiger partial charge in [0.1, 0.15) is 5.82 Å². The first-order chi connectivity index (χ1) is 8.00. The summed E-state index contributed by atoms with van der Waals surface area (Å²) in [4.78, 5) is 21.7. The van der Waals surface area contributed by atoms with Crippen LogP contribution in [0.2, 0.25) is 0 Å². The molecule has 0 aromatic heterocycles. The molecule has 1 unspecified atom stereocenters. The molecule has 1 aromatic rings. The zero-order valence-electron chi connectivity index (χ0n) is 9.37. The Morgan fingerprint density at radius 1 is 1.41 bits per heavy atom. The maximum atomic E-state index is 13.2. The Hall–Kier alpha value is -1.95. The lowest BCUT2D eigenvalue weighted by Crippen LogP contribution is -2.46. The molecule has 0 fully saturated rings. The van der Waals surface area contributed by atoms with Gasteiger partial charge >= 0.3 is 6.03 Å². The average Bonchev–Trinajstić information content (AvgIpc) is 2.26. The molecule has 17 heavy (non-hydrogen) atoms. The SMILES string of the molecule is CC(NCc1ccccc1F)C(=O)NC(N)=O. The number of nitrogens with two attached hydrogens (primary N) is 1. The fourth-order valence-electron chi connectivity index (χ4n) is 1.23. The number of amides is 3. The van der Waals surface area contributed by atoms with Gasteiger partial charge in [0, 0.05) is 12.1 Å². The van der Waals surface area contributed by atoms with Crippen molar-refractivity contribution in [3.8, 4) is 0 Å². The minimum absolute atomic E-state index is 0.194. The molecule has 0 aliphatic rings. The molecule has 1 atom stereocenters. The van der Waals surface area contributed by atoms with Gasteiger partial charge in [0.15, 0.2) is 0 Å². The molecule has 1 rings (SSSR count). The van der Waals surface area contributed by atoms with Gasteiger partial charge in [0.25, 0.3) is 0 Å². The van der Waals surface area contributed by atoms with E-state index in [2.05, 4.69) is 5.32 Å². The fourth-order valence-corrected chi connectivity index (χ4v) is 1.23. The third kappa shape index (κ3) is 4.20. The lowest BCUT2D eigenvalue weighted by Gasteiger charge is -2.12. The number of carbonyl (C=O) groups is 2. The Kier molecular flexibility index (Phi) is 4.59. The number of imide groups is 1. The summed E-state index contributed by atoms with van der Waals surface area (Å²) in [6, 6.07) is 4.69. The Morgan fingerprint density at radius 3 is 2.65 bits per heavy atom. The second-order valence-corrected chi connectivity index (χ2v) is 3.55. The van der Waals surface area contributed by atoms with Gasteiger partial charge in [-0.05, 0) is 13.0 Å². The molecule has 0 aliphatic carbocycles.